The number of rotatable bonds is 5. The van der Waals surface area contributed by atoms with Crippen LogP contribution in [0.15, 0.2) is 35.7 Å². The topological polar surface area (TPSA) is 45.2 Å². The molecule has 0 aliphatic carbocycles. The standard InChI is InChI=1S/C18H21N3OS/c1-13(21-10-9-15-5-3-4-6-17(15)21)11-19-18(22)8-7-16-12-23-14(2)20-16/h3-8,12-13H,9-11H2,1-2H3,(H,19,22)/b8-7+. The van der Waals surface area contributed by atoms with Crippen LogP contribution in [0.5, 0.6) is 0 Å². The molecule has 4 nitrogen and oxygen atoms in total. The lowest BCUT2D eigenvalue weighted by Gasteiger charge is -2.27. The number of para-hydroxylation sites is 1. The number of anilines is 1. The first kappa shape index (κ1) is 15.7. The molecule has 0 saturated heterocycles. The highest BCUT2D eigenvalue weighted by Crippen LogP contribution is 2.28. The van der Waals surface area contributed by atoms with Crippen LogP contribution >= 0.6 is 11.3 Å². The van der Waals surface area contributed by atoms with E-state index >= 15 is 0 Å². The van der Waals surface area contributed by atoms with Gasteiger partial charge in [-0.2, -0.15) is 0 Å². The molecule has 1 aliphatic heterocycles. The Morgan fingerprint density at radius 1 is 1.48 bits per heavy atom. The van der Waals surface area contributed by atoms with Crippen molar-refractivity contribution in [2.24, 2.45) is 0 Å². The number of nitrogens with zero attached hydrogens (tertiary/aromatic N) is 2. The lowest BCUT2D eigenvalue weighted by molar-refractivity contribution is -0.116. The first-order valence-electron chi connectivity index (χ1n) is 7.86. The van der Waals surface area contributed by atoms with Crippen molar-refractivity contribution in [1.29, 1.82) is 0 Å². The second-order valence-electron chi connectivity index (χ2n) is 5.79. The van der Waals surface area contributed by atoms with Gasteiger partial charge in [-0.3, -0.25) is 4.79 Å². The number of thiazole rings is 1. The molecule has 1 unspecified atom stereocenters. The Morgan fingerprint density at radius 2 is 2.30 bits per heavy atom. The molecular weight excluding hydrogens is 306 g/mol. The fourth-order valence-corrected chi connectivity index (χ4v) is 3.44. The molecule has 23 heavy (non-hydrogen) atoms. The molecule has 1 amide bonds. The molecule has 1 aliphatic rings. The summed E-state index contributed by atoms with van der Waals surface area (Å²) in [6.45, 7) is 5.76. The number of fused-ring (bicyclic) bond motifs is 1. The fraction of sp³-hybridized carbons (Fsp3) is 0.333. The van der Waals surface area contributed by atoms with E-state index in [4.69, 9.17) is 0 Å². The van der Waals surface area contributed by atoms with Crippen molar-refractivity contribution < 1.29 is 4.79 Å². The van der Waals surface area contributed by atoms with E-state index in [0.717, 1.165) is 23.7 Å². The Bertz CT molecular complexity index is 723. The predicted octanol–water partition coefficient (Wildman–Crippen LogP) is 3.03. The summed E-state index contributed by atoms with van der Waals surface area (Å²) in [5, 5.41) is 5.93. The molecule has 0 radical (unpaired) electrons. The summed E-state index contributed by atoms with van der Waals surface area (Å²) >= 11 is 1.58. The molecule has 120 valence electrons. The molecule has 0 bridgehead atoms. The first-order chi connectivity index (χ1) is 11.1. The maximum Gasteiger partial charge on any atom is 0.244 e. The van der Waals surface area contributed by atoms with Gasteiger partial charge in [-0.15, -0.1) is 11.3 Å². The Kier molecular flexibility index (Phi) is 4.76. The lowest BCUT2D eigenvalue weighted by atomic mass is 10.2. The third kappa shape index (κ3) is 3.79. The van der Waals surface area contributed by atoms with Gasteiger partial charge >= 0.3 is 0 Å². The van der Waals surface area contributed by atoms with E-state index < -0.39 is 0 Å². The highest BCUT2D eigenvalue weighted by molar-refractivity contribution is 7.09. The van der Waals surface area contributed by atoms with Crippen LogP contribution in [0.4, 0.5) is 5.69 Å². The zero-order chi connectivity index (χ0) is 16.2. The van der Waals surface area contributed by atoms with Gasteiger partial charge in [0, 0.05) is 36.3 Å². The molecular formula is C18H21N3OS. The minimum Gasteiger partial charge on any atom is -0.366 e. The van der Waals surface area contributed by atoms with Crippen LogP contribution in [0.3, 0.4) is 0 Å². The quantitative estimate of drug-likeness (QED) is 0.859. The number of amides is 1. The van der Waals surface area contributed by atoms with Gasteiger partial charge in [0.1, 0.15) is 0 Å². The molecule has 1 N–H and O–H groups in total. The minimum atomic E-state index is -0.0741. The normalized spacial score (nSPS) is 15.0. The van der Waals surface area contributed by atoms with E-state index in [0.29, 0.717) is 6.54 Å². The Labute approximate surface area is 140 Å². The van der Waals surface area contributed by atoms with Crippen molar-refractivity contribution in [2.75, 3.05) is 18.0 Å². The Balaban J connectivity index is 1.52. The number of carbonyl (C=O) groups is 1. The number of nitrogens with one attached hydrogen (secondary N) is 1. The van der Waals surface area contributed by atoms with Gasteiger partial charge in [-0.25, -0.2) is 4.98 Å². The van der Waals surface area contributed by atoms with Gasteiger partial charge in [-0.05, 0) is 38.0 Å². The molecule has 1 aromatic carbocycles. The fourth-order valence-electron chi connectivity index (χ4n) is 2.86. The molecule has 1 atom stereocenters. The predicted molar refractivity (Wildman–Crippen MR) is 95.8 cm³/mol. The second kappa shape index (κ2) is 6.96. The first-order valence-corrected chi connectivity index (χ1v) is 8.74. The molecule has 0 saturated carbocycles. The number of aromatic nitrogens is 1. The summed E-state index contributed by atoms with van der Waals surface area (Å²) in [6, 6.07) is 8.77. The second-order valence-corrected chi connectivity index (χ2v) is 6.85. The molecule has 1 aromatic heterocycles. The molecule has 2 heterocycles. The van der Waals surface area contributed by atoms with Gasteiger partial charge in [0.2, 0.25) is 5.91 Å². The van der Waals surface area contributed by atoms with E-state index in [1.165, 1.54) is 11.3 Å². The summed E-state index contributed by atoms with van der Waals surface area (Å²) in [7, 11) is 0. The van der Waals surface area contributed by atoms with Crippen molar-refractivity contribution >= 4 is 29.0 Å². The molecule has 2 aromatic rings. The van der Waals surface area contributed by atoms with Gasteiger partial charge in [0.25, 0.3) is 0 Å². The monoisotopic (exact) mass is 327 g/mol. The average molecular weight is 327 g/mol. The van der Waals surface area contributed by atoms with Crippen molar-refractivity contribution in [3.63, 3.8) is 0 Å². The van der Waals surface area contributed by atoms with Crippen LogP contribution in [0.2, 0.25) is 0 Å². The van der Waals surface area contributed by atoms with Crippen LogP contribution < -0.4 is 10.2 Å². The van der Waals surface area contributed by atoms with Gasteiger partial charge < -0.3 is 10.2 Å². The summed E-state index contributed by atoms with van der Waals surface area (Å²) in [6.07, 6.45) is 4.39. The van der Waals surface area contributed by atoms with Crippen LogP contribution in [0, 0.1) is 6.92 Å². The summed E-state index contributed by atoms with van der Waals surface area (Å²) in [5.41, 5.74) is 3.52. The largest absolute Gasteiger partial charge is 0.366 e. The van der Waals surface area contributed by atoms with Crippen LogP contribution in [-0.2, 0) is 11.2 Å². The van der Waals surface area contributed by atoms with Gasteiger partial charge in [-0.1, -0.05) is 18.2 Å². The number of hydrogen-bond acceptors (Lipinski definition) is 4. The molecule has 0 fully saturated rings. The van der Waals surface area contributed by atoms with Gasteiger partial charge in [0.15, 0.2) is 0 Å². The lowest BCUT2D eigenvalue weighted by Crippen LogP contribution is -2.41. The maximum absolute atomic E-state index is 11.9. The molecule has 5 heteroatoms. The summed E-state index contributed by atoms with van der Waals surface area (Å²) < 4.78 is 0. The zero-order valence-corrected chi connectivity index (χ0v) is 14.3. The van der Waals surface area contributed by atoms with Crippen LogP contribution in [-0.4, -0.2) is 30.0 Å². The SMILES string of the molecule is Cc1nc(/C=C/C(=O)NCC(C)N2CCc3ccccc32)cs1. The third-order valence-electron chi connectivity index (χ3n) is 4.07. The Morgan fingerprint density at radius 3 is 3.09 bits per heavy atom. The Hall–Kier alpha value is -2.14. The van der Waals surface area contributed by atoms with E-state index in [-0.39, 0.29) is 11.9 Å². The van der Waals surface area contributed by atoms with Crippen molar-refractivity contribution in [3.05, 3.63) is 52.0 Å². The average Bonchev–Trinajstić information content (AvgIpc) is 3.16. The van der Waals surface area contributed by atoms with E-state index in [1.54, 1.807) is 23.5 Å². The number of benzene rings is 1. The summed E-state index contributed by atoms with van der Waals surface area (Å²) in [4.78, 5) is 18.6. The smallest absolute Gasteiger partial charge is 0.244 e. The minimum absolute atomic E-state index is 0.0741. The number of carbonyl (C=O) groups excluding carboxylic acids is 1. The molecule has 0 spiro atoms. The third-order valence-corrected chi connectivity index (χ3v) is 4.86. The maximum atomic E-state index is 11.9. The van der Waals surface area contributed by atoms with Crippen LogP contribution in [0.25, 0.3) is 6.08 Å². The van der Waals surface area contributed by atoms with E-state index in [9.17, 15) is 4.79 Å². The number of aryl methyl sites for hydroxylation is 1. The van der Waals surface area contributed by atoms with Gasteiger partial charge in [0.05, 0.1) is 10.7 Å². The van der Waals surface area contributed by atoms with E-state index in [2.05, 4.69) is 46.4 Å². The number of hydrogen-bond donors (Lipinski definition) is 1. The zero-order valence-electron chi connectivity index (χ0n) is 13.5. The van der Waals surface area contributed by atoms with Crippen molar-refractivity contribution in [3.8, 4) is 0 Å². The van der Waals surface area contributed by atoms with Crippen LogP contribution in [0.1, 0.15) is 23.2 Å². The van der Waals surface area contributed by atoms with E-state index in [1.807, 2.05) is 12.3 Å². The molecule has 3 rings (SSSR count). The van der Waals surface area contributed by atoms with Crippen molar-refractivity contribution in [2.45, 2.75) is 26.3 Å². The summed E-state index contributed by atoms with van der Waals surface area (Å²) in [5.74, 6) is -0.0741. The highest BCUT2D eigenvalue weighted by Gasteiger charge is 2.22. The van der Waals surface area contributed by atoms with Crippen molar-refractivity contribution in [1.82, 2.24) is 10.3 Å². The highest BCUT2D eigenvalue weighted by atomic mass is 32.1.